The summed E-state index contributed by atoms with van der Waals surface area (Å²) in [6, 6.07) is 16.3. The molecule has 0 radical (unpaired) electrons. The molecule has 2 nitrogen and oxygen atoms in total. The molecule has 0 aliphatic carbocycles. The van der Waals surface area contributed by atoms with Crippen LogP contribution in [0.2, 0.25) is 0 Å². The van der Waals surface area contributed by atoms with Crippen molar-refractivity contribution < 1.29 is 9.50 Å². The number of hydrogen-bond donors (Lipinski definition) is 1. The Labute approximate surface area is 193 Å². The first kappa shape index (κ1) is 28.7. The molecule has 170 valence electrons. The van der Waals surface area contributed by atoms with Crippen LogP contribution in [0, 0.1) is 5.82 Å². The van der Waals surface area contributed by atoms with E-state index in [1.807, 2.05) is 82.3 Å². The third-order valence-electron chi connectivity index (χ3n) is 4.28. The van der Waals surface area contributed by atoms with Crippen LogP contribution in [0.15, 0.2) is 115 Å². The van der Waals surface area contributed by atoms with Crippen LogP contribution in [0.25, 0.3) is 5.70 Å². The van der Waals surface area contributed by atoms with Crippen molar-refractivity contribution in [1.82, 2.24) is 0 Å². The van der Waals surface area contributed by atoms with Crippen molar-refractivity contribution in [2.75, 3.05) is 6.61 Å². The Kier molecular flexibility index (Phi) is 15.6. The fourth-order valence-corrected chi connectivity index (χ4v) is 2.42. The third kappa shape index (κ3) is 11.8. The number of nitrogens with zero attached hydrogens (tertiary/aromatic N) is 1. The van der Waals surface area contributed by atoms with E-state index in [9.17, 15) is 4.39 Å². The second kappa shape index (κ2) is 17.4. The van der Waals surface area contributed by atoms with Gasteiger partial charge in [0.2, 0.25) is 0 Å². The summed E-state index contributed by atoms with van der Waals surface area (Å²) in [5.41, 5.74) is 5.71. The van der Waals surface area contributed by atoms with Gasteiger partial charge in [0, 0.05) is 17.9 Å². The van der Waals surface area contributed by atoms with Crippen molar-refractivity contribution in [2.24, 2.45) is 4.99 Å². The minimum atomic E-state index is -0.249. The molecule has 0 fully saturated rings. The van der Waals surface area contributed by atoms with Crippen molar-refractivity contribution in [1.29, 1.82) is 0 Å². The number of allylic oxidation sites excluding steroid dienone is 6. The van der Waals surface area contributed by atoms with Crippen LogP contribution in [0.4, 0.5) is 4.39 Å². The molecule has 0 bridgehead atoms. The topological polar surface area (TPSA) is 32.6 Å². The normalized spacial score (nSPS) is 11.9. The first-order valence-corrected chi connectivity index (χ1v) is 10.5. The van der Waals surface area contributed by atoms with Crippen LogP contribution in [-0.2, 0) is 6.42 Å². The van der Waals surface area contributed by atoms with Gasteiger partial charge in [-0.05, 0) is 75.1 Å². The van der Waals surface area contributed by atoms with Gasteiger partial charge in [-0.3, -0.25) is 4.99 Å². The van der Waals surface area contributed by atoms with Crippen LogP contribution < -0.4 is 0 Å². The van der Waals surface area contributed by atoms with Crippen LogP contribution in [-0.4, -0.2) is 17.4 Å². The Morgan fingerprint density at radius 3 is 2.06 bits per heavy atom. The zero-order chi connectivity index (χ0) is 24.4. The Morgan fingerprint density at radius 1 is 0.969 bits per heavy atom. The highest BCUT2D eigenvalue weighted by molar-refractivity contribution is 6.00. The molecule has 0 amide bonds. The lowest BCUT2D eigenvalue weighted by atomic mass is 10.1. The molecule has 0 unspecified atom stereocenters. The predicted octanol–water partition coefficient (Wildman–Crippen LogP) is 7.75. The number of aliphatic hydroxyl groups is 1. The average Bonchev–Trinajstić information content (AvgIpc) is 2.81. The van der Waals surface area contributed by atoms with Gasteiger partial charge in [0.25, 0.3) is 0 Å². The smallest absolute Gasteiger partial charge is 0.123 e. The SMILES string of the molecule is C=C.C=C(C)C(C)=N/C(=C(C)/C=C\C=C/C)c1ccc(F)cc1.OCCc1ccccc1. The van der Waals surface area contributed by atoms with Crippen LogP contribution in [0.1, 0.15) is 38.8 Å². The summed E-state index contributed by atoms with van der Waals surface area (Å²) in [7, 11) is 0. The summed E-state index contributed by atoms with van der Waals surface area (Å²) in [5.74, 6) is -0.249. The number of aliphatic imine (C=N–C) groups is 1. The van der Waals surface area contributed by atoms with Crippen molar-refractivity contribution in [3.05, 3.63) is 127 Å². The second-order valence-electron chi connectivity index (χ2n) is 6.86. The van der Waals surface area contributed by atoms with Gasteiger partial charge in [-0.25, -0.2) is 4.39 Å². The van der Waals surface area contributed by atoms with E-state index in [0.29, 0.717) is 0 Å². The highest BCUT2D eigenvalue weighted by atomic mass is 19.1. The molecule has 32 heavy (non-hydrogen) atoms. The fourth-order valence-electron chi connectivity index (χ4n) is 2.42. The molecular formula is C29H36FNO. The van der Waals surface area contributed by atoms with Crippen LogP contribution >= 0.6 is 0 Å². The van der Waals surface area contributed by atoms with Crippen molar-refractivity contribution in [3.8, 4) is 0 Å². The van der Waals surface area contributed by atoms with Gasteiger partial charge in [-0.2, -0.15) is 0 Å². The third-order valence-corrected chi connectivity index (χ3v) is 4.28. The maximum absolute atomic E-state index is 13.1. The standard InChI is InChI=1S/C19H22FN.C8H10O.C2H4/c1-6-7-8-9-15(4)19(21-16(5)14(2)3)17-10-12-18(20)13-11-17;9-7-6-8-4-2-1-3-5-8;1-2/h6-13H,2H2,1,3-5H3;1-5,9H,6-7H2;1-2H2/b7-6-,9-8-,19-15+,21-16?;;. The molecule has 0 spiro atoms. The van der Waals surface area contributed by atoms with Gasteiger partial charge in [-0.15, -0.1) is 13.2 Å². The Bertz CT molecular complexity index is 919. The molecule has 2 aromatic carbocycles. The first-order valence-electron chi connectivity index (χ1n) is 10.5. The fraction of sp³-hybridized carbons (Fsp3) is 0.207. The Morgan fingerprint density at radius 2 is 1.56 bits per heavy atom. The zero-order valence-electron chi connectivity index (χ0n) is 19.8. The number of aliphatic hydroxyl groups excluding tert-OH is 1. The number of benzene rings is 2. The average molecular weight is 434 g/mol. The largest absolute Gasteiger partial charge is 0.396 e. The maximum atomic E-state index is 13.1. The molecule has 0 aromatic heterocycles. The molecule has 2 aromatic rings. The van der Waals surface area contributed by atoms with Gasteiger partial charge in [-0.1, -0.05) is 61.2 Å². The Hall–Kier alpha value is -3.30. The van der Waals surface area contributed by atoms with Crippen molar-refractivity contribution in [2.45, 2.75) is 34.1 Å². The van der Waals surface area contributed by atoms with Gasteiger partial charge < -0.3 is 5.11 Å². The number of rotatable bonds is 7. The maximum Gasteiger partial charge on any atom is 0.123 e. The molecule has 0 aliphatic rings. The lowest BCUT2D eigenvalue weighted by molar-refractivity contribution is 0.299. The predicted molar refractivity (Wildman–Crippen MR) is 139 cm³/mol. The number of hydrogen-bond acceptors (Lipinski definition) is 2. The monoisotopic (exact) mass is 433 g/mol. The highest BCUT2D eigenvalue weighted by Gasteiger charge is 2.05. The Balaban J connectivity index is 0.000000723. The summed E-state index contributed by atoms with van der Waals surface area (Å²) < 4.78 is 13.1. The molecule has 0 atom stereocenters. The second-order valence-corrected chi connectivity index (χ2v) is 6.86. The summed E-state index contributed by atoms with van der Waals surface area (Å²) in [5, 5.41) is 8.52. The molecule has 0 saturated carbocycles. The van der Waals surface area contributed by atoms with Crippen LogP contribution in [0.3, 0.4) is 0 Å². The molecule has 2 rings (SSSR count). The highest BCUT2D eigenvalue weighted by Crippen LogP contribution is 2.22. The molecule has 0 aliphatic heterocycles. The van der Waals surface area contributed by atoms with E-state index >= 15 is 0 Å². The molecule has 1 N–H and O–H groups in total. The van der Waals surface area contributed by atoms with E-state index in [1.165, 1.54) is 17.7 Å². The van der Waals surface area contributed by atoms with Gasteiger partial charge in [0.1, 0.15) is 5.82 Å². The van der Waals surface area contributed by atoms with Crippen molar-refractivity contribution in [3.63, 3.8) is 0 Å². The van der Waals surface area contributed by atoms with E-state index < -0.39 is 0 Å². The summed E-state index contributed by atoms with van der Waals surface area (Å²) in [6.45, 7) is 18.0. The van der Waals surface area contributed by atoms with Gasteiger partial charge in [0.15, 0.2) is 0 Å². The van der Waals surface area contributed by atoms with Gasteiger partial charge >= 0.3 is 0 Å². The van der Waals surface area contributed by atoms with Crippen molar-refractivity contribution >= 4 is 11.4 Å². The minimum Gasteiger partial charge on any atom is -0.396 e. The van der Waals surface area contributed by atoms with Gasteiger partial charge in [0.05, 0.1) is 5.70 Å². The first-order chi connectivity index (χ1) is 15.4. The van der Waals surface area contributed by atoms with E-state index in [-0.39, 0.29) is 12.4 Å². The quantitative estimate of drug-likeness (QED) is 0.270. The zero-order valence-corrected chi connectivity index (χ0v) is 19.8. The molecule has 3 heteroatoms. The molecular weight excluding hydrogens is 397 g/mol. The molecule has 0 heterocycles. The number of halogens is 1. The lowest BCUT2D eigenvalue weighted by Gasteiger charge is -2.08. The van der Waals surface area contributed by atoms with E-state index in [2.05, 4.69) is 24.7 Å². The lowest BCUT2D eigenvalue weighted by Crippen LogP contribution is -1.95. The molecule has 0 saturated heterocycles. The minimum absolute atomic E-state index is 0.240. The van der Waals surface area contributed by atoms with Crippen LogP contribution in [0.5, 0.6) is 0 Å². The summed E-state index contributed by atoms with van der Waals surface area (Å²) >= 11 is 0. The van der Waals surface area contributed by atoms with E-state index in [0.717, 1.165) is 34.5 Å². The summed E-state index contributed by atoms with van der Waals surface area (Å²) in [4.78, 5) is 4.65. The summed E-state index contributed by atoms with van der Waals surface area (Å²) in [6.07, 6.45) is 8.64. The van der Waals surface area contributed by atoms with E-state index in [4.69, 9.17) is 5.11 Å². The van der Waals surface area contributed by atoms with E-state index in [1.54, 1.807) is 12.1 Å².